The lowest BCUT2D eigenvalue weighted by atomic mass is 9.99. The van der Waals surface area contributed by atoms with Gasteiger partial charge >= 0.3 is 6.03 Å². The predicted molar refractivity (Wildman–Crippen MR) is 146 cm³/mol. The van der Waals surface area contributed by atoms with Crippen LogP contribution in [0.3, 0.4) is 0 Å². The number of nitrogens with zero attached hydrogens (tertiary/aromatic N) is 4. The van der Waals surface area contributed by atoms with E-state index in [9.17, 15) is 14.4 Å². The molecule has 0 unspecified atom stereocenters. The van der Waals surface area contributed by atoms with Gasteiger partial charge in [0.1, 0.15) is 19.7 Å². The zero-order chi connectivity index (χ0) is 26.2. The van der Waals surface area contributed by atoms with Gasteiger partial charge in [-0.3, -0.25) is 9.59 Å². The molecule has 2 aromatic rings. The molecule has 0 spiro atoms. The minimum Gasteiger partial charge on any atom is -0.370 e. The summed E-state index contributed by atoms with van der Waals surface area (Å²) >= 11 is 0. The van der Waals surface area contributed by atoms with Gasteiger partial charge in [-0.25, -0.2) is 9.78 Å². The third-order valence-electron chi connectivity index (χ3n) is 6.64. The van der Waals surface area contributed by atoms with Crippen LogP contribution in [0, 0.1) is 0 Å². The fourth-order valence-electron chi connectivity index (χ4n) is 4.65. The highest BCUT2D eigenvalue weighted by atomic mass is 16.2. The Balaban J connectivity index is 1.25. The van der Waals surface area contributed by atoms with Crippen molar-refractivity contribution in [3.05, 3.63) is 30.5 Å². The largest absolute Gasteiger partial charge is 0.370 e. The van der Waals surface area contributed by atoms with Crippen molar-refractivity contribution in [1.82, 2.24) is 25.1 Å². The van der Waals surface area contributed by atoms with Crippen molar-refractivity contribution in [3.63, 3.8) is 0 Å². The quantitative estimate of drug-likeness (QED) is 0.295. The van der Waals surface area contributed by atoms with Gasteiger partial charge < -0.3 is 31.1 Å². The van der Waals surface area contributed by atoms with E-state index in [4.69, 9.17) is 0 Å². The Bertz CT molecular complexity index is 1120. The van der Waals surface area contributed by atoms with Crippen molar-refractivity contribution < 1.29 is 14.4 Å². The summed E-state index contributed by atoms with van der Waals surface area (Å²) in [5.74, 6) is 1.01. The number of amides is 4. The van der Waals surface area contributed by atoms with Crippen LogP contribution in [0.15, 0.2) is 30.5 Å². The summed E-state index contributed by atoms with van der Waals surface area (Å²) in [6.45, 7) is 4.88. The summed E-state index contributed by atoms with van der Waals surface area (Å²) in [7, 11) is 1.93. The Morgan fingerprint density at radius 2 is 1.86 bits per heavy atom. The van der Waals surface area contributed by atoms with Gasteiger partial charge in [-0.15, -0.1) is 0 Å². The van der Waals surface area contributed by atoms with Gasteiger partial charge in [-0.2, -0.15) is 4.98 Å². The van der Waals surface area contributed by atoms with Crippen molar-refractivity contribution in [1.29, 1.82) is 0 Å². The molecule has 4 rings (SSSR count). The molecule has 4 N–H and O–H groups in total. The van der Waals surface area contributed by atoms with E-state index in [0.717, 1.165) is 43.5 Å². The summed E-state index contributed by atoms with van der Waals surface area (Å²) in [6.07, 6.45) is 6.13. The second kappa shape index (κ2) is 12.4. The van der Waals surface area contributed by atoms with Crippen LogP contribution in [0.2, 0.25) is 0 Å². The molecule has 1 aromatic carbocycles. The number of hydrogen-bond donors (Lipinski definition) is 4. The lowest BCUT2D eigenvalue weighted by Gasteiger charge is -2.22. The van der Waals surface area contributed by atoms with Crippen molar-refractivity contribution in [2.45, 2.75) is 45.1 Å². The Kier molecular flexibility index (Phi) is 8.81. The lowest BCUT2D eigenvalue weighted by molar-refractivity contribution is -0.136. The maximum absolute atomic E-state index is 12.4. The molecule has 2 aliphatic rings. The predicted octanol–water partition coefficient (Wildman–Crippen LogP) is 1.04. The Hall–Kier alpha value is -3.83. The molecule has 1 atom stereocenters. The number of hydrogen-bond acceptors (Lipinski definition) is 7. The molecule has 0 bridgehead atoms. The molecular weight excluding hydrogens is 471 g/mol. The van der Waals surface area contributed by atoms with E-state index in [-0.39, 0.29) is 23.9 Å². The van der Waals surface area contributed by atoms with E-state index in [1.165, 1.54) is 6.92 Å². The average molecular weight is 506 g/mol. The molecule has 11 nitrogen and oxygen atoms in total. The molecule has 196 valence electrons. The summed E-state index contributed by atoms with van der Waals surface area (Å²) in [5.41, 5.74) is 2.38. The number of nitrogens with one attached hydrogen (secondary N) is 4. The van der Waals surface area contributed by atoms with Crippen molar-refractivity contribution >= 4 is 54.3 Å². The third kappa shape index (κ3) is 7.11. The second-order valence-electron chi connectivity index (χ2n) is 9.50. The number of aromatic nitrogens is 2. The molecule has 0 aliphatic carbocycles. The Morgan fingerprint density at radius 3 is 2.65 bits per heavy atom. The van der Waals surface area contributed by atoms with E-state index in [0.29, 0.717) is 49.9 Å². The molecule has 1 aromatic heterocycles. The molecule has 12 heteroatoms. The number of likely N-dealkylation sites (tertiary alicyclic amines) is 2. The summed E-state index contributed by atoms with van der Waals surface area (Å²) in [4.78, 5) is 48.9. The van der Waals surface area contributed by atoms with Crippen LogP contribution in [0.4, 0.5) is 27.9 Å². The zero-order valence-corrected chi connectivity index (χ0v) is 21.5. The van der Waals surface area contributed by atoms with E-state index < -0.39 is 0 Å². The normalized spacial score (nSPS) is 16.9. The minimum atomic E-state index is -0.352. The Morgan fingerprint density at radius 1 is 1.08 bits per heavy atom. The van der Waals surface area contributed by atoms with Crippen molar-refractivity contribution in [2.24, 2.45) is 0 Å². The van der Waals surface area contributed by atoms with Crippen LogP contribution < -0.4 is 26.7 Å². The first-order valence-electron chi connectivity index (χ1n) is 13.0. The van der Waals surface area contributed by atoms with Crippen LogP contribution in [-0.4, -0.2) is 84.2 Å². The van der Waals surface area contributed by atoms with E-state index in [1.807, 2.05) is 37.0 Å². The third-order valence-corrected chi connectivity index (χ3v) is 6.64. The molecular formula is C25H35BN8O3. The first kappa shape index (κ1) is 26.2. The highest BCUT2D eigenvalue weighted by molar-refractivity contribution is 6.35. The molecule has 4 amide bonds. The van der Waals surface area contributed by atoms with E-state index >= 15 is 0 Å². The maximum Gasteiger partial charge on any atom is 0.321 e. The van der Waals surface area contributed by atoms with Crippen LogP contribution >= 0.6 is 0 Å². The van der Waals surface area contributed by atoms with Crippen LogP contribution in [0.25, 0.3) is 0 Å². The van der Waals surface area contributed by atoms with Gasteiger partial charge in [-0.05, 0) is 55.8 Å². The molecule has 0 saturated carbocycles. The van der Waals surface area contributed by atoms with Crippen molar-refractivity contribution in [3.8, 4) is 0 Å². The Labute approximate surface area is 218 Å². The topological polar surface area (TPSA) is 132 Å². The monoisotopic (exact) mass is 506 g/mol. The number of carbonyl (C=O) groups is 3. The minimum absolute atomic E-state index is 0.0541. The summed E-state index contributed by atoms with van der Waals surface area (Å²) in [6, 6.07) is 7.03. The molecule has 2 aliphatic heterocycles. The second-order valence-corrected chi connectivity index (χ2v) is 9.50. The highest BCUT2D eigenvalue weighted by Gasteiger charge is 2.31. The van der Waals surface area contributed by atoms with Crippen molar-refractivity contribution in [2.75, 3.05) is 48.7 Å². The molecule has 0 radical (unpaired) electrons. The molecule has 2 fully saturated rings. The SMILES string of the molecule is Bc1cnc(Nc2cccc(NC(=O)N3CCCC3)c2)nc1NCCCNC(=O)[C@@H]1CCCN1C(C)=O. The number of rotatable bonds is 9. The van der Waals surface area contributed by atoms with Gasteiger partial charge in [0, 0.05) is 57.2 Å². The number of benzene rings is 1. The summed E-state index contributed by atoms with van der Waals surface area (Å²) in [5, 5.41) is 12.4. The number of anilines is 4. The molecule has 2 saturated heterocycles. The highest BCUT2D eigenvalue weighted by Crippen LogP contribution is 2.20. The fourth-order valence-corrected chi connectivity index (χ4v) is 4.65. The average Bonchev–Trinajstić information content (AvgIpc) is 3.59. The maximum atomic E-state index is 12.4. The lowest BCUT2D eigenvalue weighted by Crippen LogP contribution is -2.45. The van der Waals surface area contributed by atoms with Crippen LogP contribution in [0.1, 0.15) is 39.0 Å². The number of carbonyl (C=O) groups excluding carboxylic acids is 3. The van der Waals surface area contributed by atoms with Gasteiger partial charge in [0.05, 0.1) is 0 Å². The zero-order valence-electron chi connectivity index (χ0n) is 21.5. The summed E-state index contributed by atoms with van der Waals surface area (Å²) < 4.78 is 0. The number of urea groups is 1. The first-order chi connectivity index (χ1) is 17.9. The van der Waals surface area contributed by atoms with Crippen LogP contribution in [0.5, 0.6) is 0 Å². The first-order valence-corrected chi connectivity index (χ1v) is 13.0. The van der Waals surface area contributed by atoms with Gasteiger partial charge in [0.2, 0.25) is 17.8 Å². The standard InChI is InChI=1S/C25H35BN8O3/c1-17(35)34-14-5-9-21(34)23(36)28-11-6-10-27-22-20(26)16-29-24(32-22)30-18-7-4-8-19(15-18)31-25(37)33-12-2-3-13-33/h4,7-8,15-16,21H,2-3,5-6,9-14,26H2,1H3,(H,28,36)(H,31,37)(H2,27,29,30,32)/t21-/m0/s1. The van der Waals surface area contributed by atoms with Crippen LogP contribution in [-0.2, 0) is 9.59 Å². The van der Waals surface area contributed by atoms with Gasteiger partial charge in [0.25, 0.3) is 0 Å². The van der Waals surface area contributed by atoms with Gasteiger partial charge in [0.15, 0.2) is 0 Å². The molecule has 3 heterocycles. The smallest absolute Gasteiger partial charge is 0.321 e. The van der Waals surface area contributed by atoms with Gasteiger partial charge in [-0.1, -0.05) is 6.07 Å². The van der Waals surface area contributed by atoms with E-state index in [2.05, 4.69) is 31.2 Å². The fraction of sp³-hybridized carbons (Fsp3) is 0.480. The molecule has 37 heavy (non-hydrogen) atoms. The van der Waals surface area contributed by atoms with E-state index in [1.54, 1.807) is 11.1 Å².